The molecule has 0 spiro atoms. The van der Waals surface area contributed by atoms with Crippen LogP contribution >= 0.6 is 22.6 Å². The molecule has 1 aliphatic heterocycles. The van der Waals surface area contributed by atoms with Gasteiger partial charge in [-0.2, -0.15) is 0 Å². The van der Waals surface area contributed by atoms with Crippen LogP contribution in [0.1, 0.15) is 34.3 Å². The minimum atomic E-state index is -1.11. The topological polar surface area (TPSA) is 40.5 Å². The number of hydrogen-bond donors (Lipinski definition) is 1. The first-order valence-corrected chi connectivity index (χ1v) is 9.79. The molecule has 1 fully saturated rings. The van der Waals surface area contributed by atoms with Crippen LogP contribution in [0.2, 0.25) is 0 Å². The van der Waals surface area contributed by atoms with Crippen molar-refractivity contribution in [2.75, 3.05) is 19.7 Å². The van der Waals surface area contributed by atoms with Crippen molar-refractivity contribution in [2.24, 2.45) is 5.92 Å². The fraction of sp³-hybridized carbons (Fsp3) is 0.350. The predicted molar refractivity (Wildman–Crippen MR) is 104 cm³/mol. The van der Waals surface area contributed by atoms with E-state index in [4.69, 9.17) is 5.11 Å². The zero-order valence-corrected chi connectivity index (χ0v) is 16.7. The number of likely N-dealkylation sites (tertiary alicyclic amines) is 1. The highest BCUT2D eigenvalue weighted by atomic mass is 127. The maximum atomic E-state index is 14.5. The third-order valence-corrected chi connectivity index (χ3v) is 5.49. The largest absolute Gasteiger partial charge is 0.396 e. The van der Waals surface area contributed by atoms with E-state index in [1.54, 1.807) is 11.0 Å². The Kier molecular flexibility index (Phi) is 6.41. The number of benzene rings is 2. The van der Waals surface area contributed by atoms with Gasteiger partial charge in [0, 0.05) is 40.8 Å². The van der Waals surface area contributed by atoms with Crippen molar-refractivity contribution >= 4 is 28.5 Å². The van der Waals surface area contributed by atoms with Gasteiger partial charge >= 0.3 is 0 Å². The molecule has 1 saturated heterocycles. The Morgan fingerprint density at radius 2 is 1.89 bits per heavy atom. The maximum absolute atomic E-state index is 14.5. The Bertz CT molecular complexity index is 853. The van der Waals surface area contributed by atoms with Crippen LogP contribution in [0, 0.1) is 26.9 Å². The van der Waals surface area contributed by atoms with Crippen molar-refractivity contribution in [3.8, 4) is 0 Å². The second-order valence-electron chi connectivity index (χ2n) is 6.74. The molecule has 3 nitrogen and oxygen atoms in total. The van der Waals surface area contributed by atoms with Crippen molar-refractivity contribution in [3.63, 3.8) is 0 Å². The summed E-state index contributed by atoms with van der Waals surface area (Å²) in [6, 6.07) is 6.71. The Balaban J connectivity index is 1.84. The lowest BCUT2D eigenvalue weighted by molar-refractivity contribution is 0.0471. The molecule has 1 heterocycles. The van der Waals surface area contributed by atoms with Crippen LogP contribution in [0.25, 0.3) is 0 Å². The zero-order valence-electron chi connectivity index (χ0n) is 14.5. The molecular weight excluding hydrogens is 470 g/mol. The van der Waals surface area contributed by atoms with Crippen molar-refractivity contribution in [2.45, 2.75) is 19.3 Å². The van der Waals surface area contributed by atoms with Gasteiger partial charge in [-0.3, -0.25) is 4.79 Å². The maximum Gasteiger partial charge on any atom is 0.254 e. The van der Waals surface area contributed by atoms with Gasteiger partial charge in [0.2, 0.25) is 0 Å². The van der Waals surface area contributed by atoms with Gasteiger partial charge in [0.25, 0.3) is 5.91 Å². The molecule has 3 rings (SSSR count). The normalized spacial score (nSPS) is 14.3. The van der Waals surface area contributed by atoms with Gasteiger partial charge in [-0.1, -0.05) is 6.07 Å². The Morgan fingerprint density at radius 1 is 1.15 bits per heavy atom. The fourth-order valence-corrected chi connectivity index (χ4v) is 3.74. The number of halogens is 4. The van der Waals surface area contributed by atoms with E-state index in [0.29, 0.717) is 29.0 Å². The summed E-state index contributed by atoms with van der Waals surface area (Å²) in [5.41, 5.74) is 0.143. The van der Waals surface area contributed by atoms with Crippen LogP contribution in [0.15, 0.2) is 30.3 Å². The van der Waals surface area contributed by atoms with Gasteiger partial charge in [-0.15, -0.1) is 0 Å². The highest BCUT2D eigenvalue weighted by molar-refractivity contribution is 14.1. The third kappa shape index (κ3) is 4.45. The Labute approximate surface area is 169 Å². The Hall–Kier alpha value is -1.61. The van der Waals surface area contributed by atoms with Gasteiger partial charge in [0.15, 0.2) is 11.6 Å². The molecule has 27 heavy (non-hydrogen) atoms. The smallest absolute Gasteiger partial charge is 0.254 e. The van der Waals surface area contributed by atoms with Crippen molar-refractivity contribution in [1.82, 2.24) is 4.90 Å². The van der Waals surface area contributed by atoms with Crippen LogP contribution in [-0.4, -0.2) is 35.6 Å². The molecule has 0 atom stereocenters. The van der Waals surface area contributed by atoms with E-state index in [1.807, 2.05) is 22.6 Å². The zero-order chi connectivity index (χ0) is 19.6. The molecule has 0 aliphatic carbocycles. The van der Waals surface area contributed by atoms with E-state index < -0.39 is 17.5 Å². The summed E-state index contributed by atoms with van der Waals surface area (Å²) >= 11 is 1.96. The summed E-state index contributed by atoms with van der Waals surface area (Å²) in [5.74, 6) is -2.76. The molecule has 2 aromatic carbocycles. The molecule has 2 aromatic rings. The van der Waals surface area contributed by atoms with Crippen molar-refractivity contribution in [3.05, 3.63) is 68.0 Å². The van der Waals surface area contributed by atoms with Crippen LogP contribution < -0.4 is 0 Å². The standard InChI is InChI=1S/C20H19F3INO2/c21-17-6-5-15(20(27)25-10-12(11-25)2-1-7-26)16(19(17)23)8-13-3-4-14(24)9-18(13)22/h3-6,9,12,26H,1-2,7-8,10-11H2. The third-order valence-electron chi connectivity index (χ3n) is 4.82. The summed E-state index contributed by atoms with van der Waals surface area (Å²) in [6.07, 6.45) is 1.29. The molecular formula is C20H19F3INO2. The first kappa shape index (κ1) is 20.1. The lowest BCUT2D eigenvalue weighted by Gasteiger charge is -2.39. The highest BCUT2D eigenvalue weighted by Crippen LogP contribution is 2.27. The highest BCUT2D eigenvalue weighted by Gasteiger charge is 2.32. The number of aliphatic hydroxyl groups excluding tert-OH is 1. The van der Waals surface area contributed by atoms with E-state index in [2.05, 4.69) is 0 Å². The molecule has 0 aromatic heterocycles. The molecule has 1 aliphatic rings. The van der Waals surface area contributed by atoms with E-state index in [9.17, 15) is 18.0 Å². The molecule has 0 bridgehead atoms. The molecule has 0 radical (unpaired) electrons. The number of carbonyl (C=O) groups is 1. The number of rotatable bonds is 6. The van der Waals surface area contributed by atoms with Gasteiger partial charge in [0.05, 0.1) is 0 Å². The number of carbonyl (C=O) groups excluding carboxylic acids is 1. The average molecular weight is 489 g/mol. The number of hydrogen-bond acceptors (Lipinski definition) is 2. The van der Waals surface area contributed by atoms with Gasteiger partial charge in [0.1, 0.15) is 5.82 Å². The number of nitrogens with zero attached hydrogens (tertiary/aromatic N) is 1. The number of amides is 1. The van der Waals surface area contributed by atoms with Crippen LogP contribution in [0.3, 0.4) is 0 Å². The van der Waals surface area contributed by atoms with E-state index in [-0.39, 0.29) is 35.6 Å². The lowest BCUT2D eigenvalue weighted by Crippen LogP contribution is -2.50. The molecule has 7 heteroatoms. The minimum absolute atomic E-state index is 0.0625. The molecule has 1 N–H and O–H groups in total. The fourth-order valence-electron chi connectivity index (χ4n) is 3.29. The molecule has 0 unspecified atom stereocenters. The monoisotopic (exact) mass is 489 g/mol. The number of aliphatic hydroxyl groups is 1. The van der Waals surface area contributed by atoms with Gasteiger partial charge in [-0.25, -0.2) is 13.2 Å². The summed E-state index contributed by atoms with van der Waals surface area (Å²) < 4.78 is 43.1. The minimum Gasteiger partial charge on any atom is -0.396 e. The second-order valence-corrected chi connectivity index (χ2v) is 7.99. The van der Waals surface area contributed by atoms with Crippen LogP contribution in [0.5, 0.6) is 0 Å². The lowest BCUT2D eigenvalue weighted by atomic mass is 9.92. The quantitative estimate of drug-likeness (QED) is 0.620. The molecule has 0 saturated carbocycles. The predicted octanol–water partition coefficient (Wildman–Crippen LogP) is 4.14. The van der Waals surface area contributed by atoms with Crippen molar-refractivity contribution < 1.29 is 23.1 Å². The van der Waals surface area contributed by atoms with Crippen LogP contribution in [0.4, 0.5) is 13.2 Å². The van der Waals surface area contributed by atoms with E-state index >= 15 is 0 Å². The first-order valence-electron chi connectivity index (χ1n) is 8.71. The summed E-state index contributed by atoms with van der Waals surface area (Å²) in [5, 5.41) is 8.87. The summed E-state index contributed by atoms with van der Waals surface area (Å²) in [6.45, 7) is 1.16. The first-order chi connectivity index (χ1) is 12.9. The summed E-state index contributed by atoms with van der Waals surface area (Å²) in [4.78, 5) is 14.3. The van der Waals surface area contributed by atoms with E-state index in [1.165, 1.54) is 18.2 Å². The van der Waals surface area contributed by atoms with E-state index in [0.717, 1.165) is 12.5 Å². The molecule has 1 amide bonds. The van der Waals surface area contributed by atoms with Crippen molar-refractivity contribution in [1.29, 1.82) is 0 Å². The summed E-state index contributed by atoms with van der Waals surface area (Å²) in [7, 11) is 0. The van der Waals surface area contributed by atoms with Gasteiger partial charge < -0.3 is 10.0 Å². The average Bonchev–Trinajstić information content (AvgIpc) is 2.59. The van der Waals surface area contributed by atoms with Gasteiger partial charge in [-0.05, 0) is 71.2 Å². The Morgan fingerprint density at radius 3 is 2.56 bits per heavy atom. The SMILES string of the molecule is O=C(c1ccc(F)c(F)c1Cc1ccc(I)cc1F)N1CC(CCCO)C1. The van der Waals surface area contributed by atoms with Crippen LogP contribution in [-0.2, 0) is 6.42 Å². The molecule has 144 valence electrons. The second kappa shape index (κ2) is 8.60.